The van der Waals surface area contributed by atoms with Gasteiger partial charge in [-0.05, 0) is 68.8 Å². The molecule has 0 aliphatic carbocycles. The van der Waals surface area contributed by atoms with Gasteiger partial charge in [-0.1, -0.05) is 11.8 Å². The Morgan fingerprint density at radius 1 is 1.18 bits per heavy atom. The third kappa shape index (κ3) is 7.09. The topological polar surface area (TPSA) is 135 Å². The highest BCUT2D eigenvalue weighted by Crippen LogP contribution is 2.22. The number of aryl methyl sites for hydroxylation is 1. The maximum atomic E-state index is 12.9. The van der Waals surface area contributed by atoms with Crippen molar-refractivity contribution in [3.63, 3.8) is 0 Å². The van der Waals surface area contributed by atoms with E-state index in [1.54, 1.807) is 17.0 Å². The third-order valence-corrected chi connectivity index (χ3v) is 4.97. The minimum Gasteiger partial charge on any atom is -0.469 e. The number of amides is 1. The van der Waals surface area contributed by atoms with Crippen LogP contribution in [0.3, 0.4) is 0 Å². The molecule has 0 spiro atoms. The van der Waals surface area contributed by atoms with Gasteiger partial charge in [0.15, 0.2) is 0 Å². The van der Waals surface area contributed by atoms with E-state index >= 15 is 0 Å². The van der Waals surface area contributed by atoms with E-state index in [9.17, 15) is 9.59 Å². The van der Waals surface area contributed by atoms with Crippen LogP contribution in [0.1, 0.15) is 37.0 Å². The van der Waals surface area contributed by atoms with E-state index in [0.29, 0.717) is 17.8 Å². The van der Waals surface area contributed by atoms with Gasteiger partial charge in [0, 0.05) is 28.5 Å². The highest BCUT2D eigenvalue weighted by Gasteiger charge is 2.27. The van der Waals surface area contributed by atoms with Crippen LogP contribution < -0.4 is 21.7 Å². The number of rotatable bonds is 8. The van der Waals surface area contributed by atoms with Crippen LogP contribution in [-0.4, -0.2) is 43.5 Å². The molecule has 0 aliphatic heterocycles. The predicted octanol–water partition coefficient (Wildman–Crippen LogP) is 2.37. The number of esters is 1. The maximum Gasteiger partial charge on any atom is 0.307 e. The van der Waals surface area contributed by atoms with Gasteiger partial charge in [0.1, 0.15) is 5.84 Å². The molecule has 0 bridgehead atoms. The lowest BCUT2D eigenvalue weighted by Crippen LogP contribution is -2.48. The van der Waals surface area contributed by atoms with Crippen molar-refractivity contribution in [3.05, 3.63) is 59.2 Å². The number of benzene rings is 2. The molecule has 8 nitrogen and oxygen atoms in total. The molecule has 0 radical (unpaired) electrons. The molecule has 0 saturated carbocycles. The molecule has 2 rings (SSSR count). The fourth-order valence-corrected chi connectivity index (χ4v) is 3.20. The molecule has 1 amide bonds. The third-order valence-electron chi connectivity index (χ3n) is 4.97. The van der Waals surface area contributed by atoms with Gasteiger partial charge in [-0.3, -0.25) is 15.0 Å². The second-order valence-electron chi connectivity index (χ2n) is 7.83. The minimum absolute atomic E-state index is 0.0310. The Morgan fingerprint density at radius 2 is 1.85 bits per heavy atom. The van der Waals surface area contributed by atoms with Crippen LogP contribution in [0.5, 0.6) is 0 Å². The van der Waals surface area contributed by atoms with E-state index in [-0.39, 0.29) is 24.2 Å². The van der Waals surface area contributed by atoms with Crippen LogP contribution in [0.25, 0.3) is 0 Å². The molecule has 1 atom stereocenters. The molecule has 6 N–H and O–H groups in total. The lowest BCUT2D eigenvalue weighted by molar-refractivity contribution is -0.142. The van der Waals surface area contributed by atoms with Crippen molar-refractivity contribution in [2.24, 2.45) is 11.5 Å². The van der Waals surface area contributed by atoms with Crippen LogP contribution in [0.4, 0.5) is 11.4 Å². The van der Waals surface area contributed by atoms with Crippen molar-refractivity contribution < 1.29 is 14.3 Å². The molecule has 2 aromatic carbocycles. The highest BCUT2D eigenvalue weighted by molar-refractivity contribution is 5.99. The van der Waals surface area contributed by atoms with E-state index in [0.717, 1.165) is 16.8 Å². The number of nitrogens with zero attached hydrogens (tertiary/aromatic N) is 1. The summed E-state index contributed by atoms with van der Waals surface area (Å²) in [4.78, 5) is 26.0. The maximum absolute atomic E-state index is 12.9. The summed E-state index contributed by atoms with van der Waals surface area (Å²) in [6, 6.07) is 11.7. The second-order valence-corrected chi connectivity index (χ2v) is 7.83. The zero-order valence-corrected chi connectivity index (χ0v) is 19.4. The number of anilines is 2. The quantitative estimate of drug-likeness (QED) is 0.212. The number of methoxy groups -OCH3 is 1. The average molecular weight is 450 g/mol. The molecule has 1 unspecified atom stereocenters. The van der Waals surface area contributed by atoms with Gasteiger partial charge in [-0.15, -0.1) is 0 Å². The number of hydrogen-bond acceptors (Lipinski definition) is 6. The van der Waals surface area contributed by atoms with Crippen molar-refractivity contribution in [2.75, 3.05) is 23.9 Å². The Labute approximate surface area is 194 Å². The van der Waals surface area contributed by atoms with Crippen LogP contribution in [0, 0.1) is 24.2 Å². The largest absolute Gasteiger partial charge is 0.469 e. The predicted molar refractivity (Wildman–Crippen MR) is 131 cm³/mol. The Bertz CT molecular complexity index is 1070. The first-order valence-electron chi connectivity index (χ1n) is 10.6. The van der Waals surface area contributed by atoms with E-state index < -0.39 is 12.0 Å². The van der Waals surface area contributed by atoms with Gasteiger partial charge in [0.25, 0.3) is 0 Å². The summed E-state index contributed by atoms with van der Waals surface area (Å²) in [6.45, 7) is 6.15. The van der Waals surface area contributed by atoms with Crippen molar-refractivity contribution in [1.82, 2.24) is 0 Å². The molecule has 33 heavy (non-hydrogen) atoms. The lowest BCUT2D eigenvalue weighted by atomic mass is 10.1. The summed E-state index contributed by atoms with van der Waals surface area (Å²) in [5.41, 5.74) is 15.4. The van der Waals surface area contributed by atoms with Crippen LogP contribution in [0.2, 0.25) is 0 Å². The number of carbonyl (C=O) groups excluding carboxylic acids is 2. The van der Waals surface area contributed by atoms with Gasteiger partial charge in [0.05, 0.1) is 26.1 Å². The van der Waals surface area contributed by atoms with Gasteiger partial charge in [-0.25, -0.2) is 0 Å². The monoisotopic (exact) mass is 449 g/mol. The number of amidine groups is 1. The normalized spacial score (nSPS) is 11.2. The van der Waals surface area contributed by atoms with Gasteiger partial charge >= 0.3 is 5.97 Å². The SMILES string of the molecule is COC(=O)CC(N)C(=O)N(c1ccc(C#CCNc2ccc(C(=N)N)cc2)c(C)c1)C(C)C. The van der Waals surface area contributed by atoms with E-state index in [2.05, 4.69) is 21.9 Å². The summed E-state index contributed by atoms with van der Waals surface area (Å²) in [5.74, 6) is 5.40. The number of nitrogens with two attached hydrogens (primary N) is 2. The Hall–Kier alpha value is -3.83. The molecule has 2 aromatic rings. The zero-order valence-electron chi connectivity index (χ0n) is 19.4. The van der Waals surface area contributed by atoms with E-state index in [1.807, 2.05) is 51.1 Å². The number of ether oxygens (including phenoxy) is 1. The molecule has 8 heteroatoms. The van der Waals surface area contributed by atoms with Crippen LogP contribution in [-0.2, 0) is 14.3 Å². The molecule has 0 fully saturated rings. The van der Waals surface area contributed by atoms with Crippen molar-refractivity contribution in [3.8, 4) is 11.8 Å². The summed E-state index contributed by atoms with van der Waals surface area (Å²) >= 11 is 0. The Balaban J connectivity index is 2.09. The summed E-state index contributed by atoms with van der Waals surface area (Å²) < 4.78 is 4.62. The minimum atomic E-state index is -0.977. The number of hydrogen-bond donors (Lipinski definition) is 4. The van der Waals surface area contributed by atoms with Crippen LogP contribution >= 0.6 is 0 Å². The van der Waals surface area contributed by atoms with Gasteiger partial charge in [-0.2, -0.15) is 0 Å². The van der Waals surface area contributed by atoms with Crippen molar-refractivity contribution in [2.45, 2.75) is 39.3 Å². The first-order chi connectivity index (χ1) is 15.6. The number of carbonyl (C=O) groups is 2. The lowest BCUT2D eigenvalue weighted by Gasteiger charge is -2.29. The average Bonchev–Trinajstić information content (AvgIpc) is 2.77. The van der Waals surface area contributed by atoms with Crippen molar-refractivity contribution >= 4 is 29.1 Å². The number of nitrogen functional groups attached to an aromatic ring is 1. The molecule has 174 valence electrons. The molecular formula is C25H31N5O3. The molecule has 0 aliphatic rings. The smallest absolute Gasteiger partial charge is 0.307 e. The van der Waals surface area contributed by atoms with Gasteiger partial charge in [0.2, 0.25) is 5.91 Å². The molecule has 0 heterocycles. The van der Waals surface area contributed by atoms with E-state index in [4.69, 9.17) is 16.9 Å². The zero-order chi connectivity index (χ0) is 24.5. The fraction of sp³-hybridized carbons (Fsp3) is 0.320. The second kappa shape index (κ2) is 11.7. The first kappa shape index (κ1) is 25.4. The van der Waals surface area contributed by atoms with Crippen molar-refractivity contribution in [1.29, 1.82) is 5.41 Å². The summed E-state index contributed by atoms with van der Waals surface area (Å²) in [7, 11) is 1.27. The standard InChI is InChI=1S/C25H31N5O3/c1-16(2)30(25(32)22(26)15-23(31)33-4)21-12-9-18(17(3)14-21)6-5-13-29-20-10-7-19(8-11-20)24(27)28/h7-12,14,16,22,29H,13,15,26H2,1-4H3,(H3,27,28). The van der Waals surface area contributed by atoms with Gasteiger partial charge < -0.3 is 26.4 Å². The molecule has 0 saturated heterocycles. The Morgan fingerprint density at radius 3 is 2.39 bits per heavy atom. The fourth-order valence-electron chi connectivity index (χ4n) is 3.20. The Kier molecular flexibility index (Phi) is 9.01. The number of nitrogens with one attached hydrogen (secondary N) is 2. The summed E-state index contributed by atoms with van der Waals surface area (Å²) in [6.07, 6.45) is -0.175. The van der Waals surface area contributed by atoms with E-state index in [1.165, 1.54) is 7.11 Å². The van der Waals surface area contributed by atoms with Crippen LogP contribution in [0.15, 0.2) is 42.5 Å². The summed E-state index contributed by atoms with van der Waals surface area (Å²) in [5, 5.41) is 10.6. The first-order valence-corrected chi connectivity index (χ1v) is 10.6. The highest BCUT2D eigenvalue weighted by atomic mass is 16.5. The molecular weight excluding hydrogens is 418 g/mol. The molecule has 0 aromatic heterocycles.